The van der Waals surface area contributed by atoms with E-state index in [0.29, 0.717) is 24.5 Å². The van der Waals surface area contributed by atoms with Crippen molar-refractivity contribution in [1.82, 2.24) is 0 Å². The molecule has 1 unspecified atom stereocenters. The first-order chi connectivity index (χ1) is 6.79. The molecule has 1 aliphatic heterocycles. The quantitative estimate of drug-likeness (QED) is 0.752. The number of aliphatic hydroxyl groups excluding tert-OH is 1. The number of benzene rings is 1. The van der Waals surface area contributed by atoms with Crippen molar-refractivity contribution < 1.29 is 14.2 Å². The van der Waals surface area contributed by atoms with Gasteiger partial charge in [-0.15, -0.1) is 0 Å². The fraction of sp³-hybridized carbons (Fsp3) is 0.400. The highest BCUT2D eigenvalue weighted by Gasteiger charge is 2.18. The number of nitrogens with one attached hydrogen (secondary N) is 1. The average Bonchev–Trinajstić information content (AvgIpc) is 2.17. The number of fused-ring (bicyclic) bond motifs is 1. The molecule has 0 amide bonds. The van der Waals surface area contributed by atoms with Crippen LogP contribution in [0.25, 0.3) is 0 Å². The Morgan fingerprint density at radius 3 is 3.21 bits per heavy atom. The smallest absolute Gasteiger partial charge is 0.142 e. The Kier molecular flexibility index (Phi) is 2.54. The maximum atomic E-state index is 12.9. The van der Waals surface area contributed by atoms with Crippen LogP contribution in [0.1, 0.15) is 6.42 Å². The van der Waals surface area contributed by atoms with Gasteiger partial charge < -0.3 is 15.2 Å². The summed E-state index contributed by atoms with van der Waals surface area (Å²) in [6.07, 6.45) is 0.607. The minimum absolute atomic E-state index is 0.0642. The van der Waals surface area contributed by atoms with E-state index in [4.69, 9.17) is 9.84 Å². The molecule has 0 bridgehead atoms. The monoisotopic (exact) mass is 197 g/mol. The van der Waals surface area contributed by atoms with Crippen molar-refractivity contribution in [1.29, 1.82) is 0 Å². The van der Waals surface area contributed by atoms with Crippen molar-refractivity contribution in [3.8, 4) is 5.75 Å². The largest absolute Gasteiger partial charge is 0.489 e. The van der Waals surface area contributed by atoms with Crippen LogP contribution in [0.2, 0.25) is 0 Å². The summed E-state index contributed by atoms with van der Waals surface area (Å²) in [5.74, 6) is 0.380. The fourth-order valence-electron chi connectivity index (χ4n) is 1.50. The number of hydrogen-bond acceptors (Lipinski definition) is 3. The zero-order chi connectivity index (χ0) is 9.97. The van der Waals surface area contributed by atoms with Gasteiger partial charge in [0, 0.05) is 12.7 Å². The molecule has 3 nitrogen and oxygen atoms in total. The summed E-state index contributed by atoms with van der Waals surface area (Å²) in [6, 6.07) is 4.44. The second-order valence-electron chi connectivity index (χ2n) is 3.31. The summed E-state index contributed by atoms with van der Waals surface area (Å²) >= 11 is 0. The van der Waals surface area contributed by atoms with Crippen LogP contribution in [-0.2, 0) is 0 Å². The van der Waals surface area contributed by atoms with Gasteiger partial charge in [-0.3, -0.25) is 0 Å². The van der Waals surface area contributed by atoms with Crippen LogP contribution < -0.4 is 10.1 Å². The van der Waals surface area contributed by atoms with E-state index in [2.05, 4.69) is 5.32 Å². The molecule has 0 aromatic heterocycles. The number of aliphatic hydroxyl groups is 1. The SMILES string of the molecule is OCCC1COc2ccc(F)cc2N1. The van der Waals surface area contributed by atoms with Gasteiger partial charge in [0.2, 0.25) is 0 Å². The maximum Gasteiger partial charge on any atom is 0.142 e. The molecule has 1 aliphatic rings. The van der Waals surface area contributed by atoms with Crippen LogP contribution in [-0.4, -0.2) is 24.4 Å². The number of hydrogen-bond donors (Lipinski definition) is 2. The standard InChI is InChI=1S/C10H12FNO2/c11-7-1-2-10-9(5-7)12-8(3-4-13)6-14-10/h1-2,5,8,12-13H,3-4,6H2. The second kappa shape index (κ2) is 3.84. The van der Waals surface area contributed by atoms with Gasteiger partial charge in [0.05, 0.1) is 11.7 Å². The summed E-state index contributed by atoms with van der Waals surface area (Å²) in [5.41, 5.74) is 0.662. The molecule has 0 radical (unpaired) electrons. The summed E-state index contributed by atoms with van der Waals surface area (Å²) < 4.78 is 18.3. The van der Waals surface area contributed by atoms with Gasteiger partial charge in [0.15, 0.2) is 0 Å². The minimum Gasteiger partial charge on any atom is -0.489 e. The predicted octanol–water partition coefficient (Wildman–Crippen LogP) is 1.38. The van der Waals surface area contributed by atoms with Crippen LogP contribution in [0.4, 0.5) is 10.1 Å². The molecule has 4 heteroatoms. The first kappa shape index (κ1) is 9.27. The lowest BCUT2D eigenvalue weighted by molar-refractivity contribution is 0.233. The van der Waals surface area contributed by atoms with Crippen LogP contribution >= 0.6 is 0 Å². The van der Waals surface area contributed by atoms with E-state index in [0.717, 1.165) is 0 Å². The van der Waals surface area contributed by atoms with Crippen molar-refractivity contribution in [3.05, 3.63) is 24.0 Å². The first-order valence-electron chi connectivity index (χ1n) is 4.59. The maximum absolute atomic E-state index is 12.9. The molecular weight excluding hydrogens is 185 g/mol. The van der Waals surface area contributed by atoms with Crippen LogP contribution in [0.5, 0.6) is 5.75 Å². The number of halogens is 1. The summed E-state index contributed by atoms with van der Waals surface area (Å²) in [7, 11) is 0. The molecule has 2 N–H and O–H groups in total. The van der Waals surface area contributed by atoms with Gasteiger partial charge in [-0.05, 0) is 18.6 Å². The topological polar surface area (TPSA) is 41.5 Å². The van der Waals surface area contributed by atoms with E-state index in [1.165, 1.54) is 12.1 Å². The molecule has 0 fully saturated rings. The Morgan fingerprint density at radius 1 is 1.57 bits per heavy atom. The van der Waals surface area contributed by atoms with Crippen molar-refractivity contribution in [2.45, 2.75) is 12.5 Å². The van der Waals surface area contributed by atoms with Gasteiger partial charge in [-0.2, -0.15) is 0 Å². The average molecular weight is 197 g/mol. The lowest BCUT2D eigenvalue weighted by Gasteiger charge is -2.26. The van der Waals surface area contributed by atoms with Crippen LogP contribution in [0, 0.1) is 5.82 Å². The lowest BCUT2D eigenvalue weighted by Crippen LogP contribution is -2.32. The molecule has 1 atom stereocenters. The van der Waals surface area contributed by atoms with Gasteiger partial charge >= 0.3 is 0 Å². The number of ether oxygens (including phenoxy) is 1. The molecule has 76 valence electrons. The summed E-state index contributed by atoms with van der Waals surface area (Å²) in [6.45, 7) is 0.616. The van der Waals surface area contributed by atoms with Gasteiger partial charge in [-0.25, -0.2) is 4.39 Å². The molecular formula is C10H12FNO2. The van der Waals surface area contributed by atoms with Crippen LogP contribution in [0.3, 0.4) is 0 Å². The summed E-state index contributed by atoms with van der Waals surface area (Å²) in [4.78, 5) is 0. The molecule has 0 saturated heterocycles. The number of anilines is 1. The Bertz CT molecular complexity index is 330. The molecule has 1 aromatic carbocycles. The summed E-state index contributed by atoms with van der Waals surface area (Å²) in [5, 5.41) is 11.9. The third-order valence-electron chi connectivity index (χ3n) is 2.22. The van der Waals surface area contributed by atoms with E-state index in [9.17, 15) is 4.39 Å². The Labute approximate surface area is 81.5 Å². The van der Waals surface area contributed by atoms with E-state index in [-0.39, 0.29) is 18.5 Å². The van der Waals surface area contributed by atoms with Gasteiger partial charge in [0.25, 0.3) is 0 Å². The second-order valence-corrected chi connectivity index (χ2v) is 3.31. The van der Waals surface area contributed by atoms with E-state index >= 15 is 0 Å². The predicted molar refractivity (Wildman–Crippen MR) is 51.0 cm³/mol. The molecule has 2 rings (SSSR count). The van der Waals surface area contributed by atoms with Gasteiger partial charge in [-0.1, -0.05) is 0 Å². The highest BCUT2D eigenvalue weighted by Crippen LogP contribution is 2.29. The zero-order valence-electron chi connectivity index (χ0n) is 7.66. The molecule has 0 spiro atoms. The number of rotatable bonds is 2. The normalized spacial score (nSPS) is 19.4. The molecule has 1 heterocycles. The Hall–Kier alpha value is -1.29. The van der Waals surface area contributed by atoms with Gasteiger partial charge in [0.1, 0.15) is 18.2 Å². The lowest BCUT2D eigenvalue weighted by atomic mass is 10.1. The highest BCUT2D eigenvalue weighted by atomic mass is 19.1. The van der Waals surface area contributed by atoms with Crippen molar-refractivity contribution in [2.24, 2.45) is 0 Å². The van der Waals surface area contributed by atoms with E-state index in [1.807, 2.05) is 0 Å². The Balaban J connectivity index is 2.16. The molecule has 0 aliphatic carbocycles. The zero-order valence-corrected chi connectivity index (χ0v) is 7.66. The van der Waals surface area contributed by atoms with E-state index in [1.54, 1.807) is 6.07 Å². The van der Waals surface area contributed by atoms with Crippen molar-refractivity contribution in [2.75, 3.05) is 18.5 Å². The van der Waals surface area contributed by atoms with Crippen molar-refractivity contribution >= 4 is 5.69 Å². The highest BCUT2D eigenvalue weighted by molar-refractivity contribution is 5.58. The van der Waals surface area contributed by atoms with Crippen molar-refractivity contribution in [3.63, 3.8) is 0 Å². The Morgan fingerprint density at radius 2 is 2.43 bits per heavy atom. The third-order valence-corrected chi connectivity index (χ3v) is 2.22. The fourth-order valence-corrected chi connectivity index (χ4v) is 1.50. The molecule has 1 aromatic rings. The minimum atomic E-state index is -0.288. The first-order valence-corrected chi connectivity index (χ1v) is 4.59. The van der Waals surface area contributed by atoms with Crippen LogP contribution in [0.15, 0.2) is 18.2 Å². The van der Waals surface area contributed by atoms with E-state index < -0.39 is 0 Å². The molecule has 0 saturated carbocycles. The third kappa shape index (κ3) is 1.80. The molecule has 14 heavy (non-hydrogen) atoms.